The Kier molecular flexibility index (Phi) is 6.19. The van der Waals surface area contributed by atoms with Gasteiger partial charge in [0.1, 0.15) is 0 Å². The summed E-state index contributed by atoms with van der Waals surface area (Å²) in [7, 11) is 0. The summed E-state index contributed by atoms with van der Waals surface area (Å²) in [6.45, 7) is 2.97. The lowest BCUT2D eigenvalue weighted by molar-refractivity contribution is 0.508. The molecule has 108 valence electrons. The Morgan fingerprint density at radius 3 is 2.89 bits per heavy atom. The molecule has 1 atom stereocenters. The van der Waals surface area contributed by atoms with Crippen LogP contribution >= 0.6 is 27.7 Å². The number of aryl methyl sites for hydroxylation is 1. The van der Waals surface area contributed by atoms with Gasteiger partial charge in [-0.25, -0.2) is 0 Å². The van der Waals surface area contributed by atoms with E-state index in [0.29, 0.717) is 0 Å². The molecule has 2 rings (SSSR count). The summed E-state index contributed by atoms with van der Waals surface area (Å²) in [5.74, 6) is 6.75. The third-order valence-corrected chi connectivity index (χ3v) is 5.79. The van der Waals surface area contributed by atoms with E-state index >= 15 is 0 Å². The van der Waals surface area contributed by atoms with Gasteiger partial charge in [-0.1, -0.05) is 19.3 Å². The third-order valence-electron chi connectivity index (χ3n) is 3.71. The molecule has 0 radical (unpaired) electrons. The number of halogens is 1. The van der Waals surface area contributed by atoms with Crippen molar-refractivity contribution in [2.45, 2.75) is 56.9 Å². The van der Waals surface area contributed by atoms with Crippen molar-refractivity contribution in [3.05, 3.63) is 16.4 Å². The van der Waals surface area contributed by atoms with E-state index < -0.39 is 0 Å². The topological polar surface area (TPSA) is 55.9 Å². The van der Waals surface area contributed by atoms with Gasteiger partial charge in [-0.2, -0.15) is 16.9 Å². The normalized spacial score (nSPS) is 18.7. The van der Waals surface area contributed by atoms with Crippen LogP contribution in [-0.2, 0) is 6.54 Å². The first-order valence-electron chi connectivity index (χ1n) is 7.05. The van der Waals surface area contributed by atoms with E-state index in [2.05, 4.69) is 45.1 Å². The summed E-state index contributed by atoms with van der Waals surface area (Å²) in [6.07, 6.45) is 8.74. The maximum Gasteiger partial charge on any atom is 0.0730 e. The molecule has 1 heterocycles. The number of hydrogen-bond acceptors (Lipinski definition) is 4. The minimum Gasteiger partial charge on any atom is -0.271 e. The summed E-state index contributed by atoms with van der Waals surface area (Å²) in [6, 6.07) is 0.156. The van der Waals surface area contributed by atoms with Crippen LogP contribution in [0.15, 0.2) is 10.7 Å². The first-order valence-corrected chi connectivity index (χ1v) is 8.89. The fourth-order valence-corrected chi connectivity index (χ4v) is 4.60. The summed E-state index contributed by atoms with van der Waals surface area (Å²) >= 11 is 5.63. The number of nitrogens with two attached hydrogens (primary N) is 1. The molecule has 1 saturated carbocycles. The van der Waals surface area contributed by atoms with Gasteiger partial charge in [-0.3, -0.25) is 16.0 Å². The second kappa shape index (κ2) is 7.67. The predicted molar refractivity (Wildman–Crippen MR) is 85.0 cm³/mol. The van der Waals surface area contributed by atoms with E-state index in [1.165, 1.54) is 32.1 Å². The smallest absolute Gasteiger partial charge is 0.0730 e. The van der Waals surface area contributed by atoms with Gasteiger partial charge in [0, 0.05) is 17.5 Å². The van der Waals surface area contributed by atoms with Crippen molar-refractivity contribution < 1.29 is 0 Å². The van der Waals surface area contributed by atoms with Gasteiger partial charge in [-0.15, -0.1) is 0 Å². The number of thioether (sulfide) groups is 1. The quantitative estimate of drug-likeness (QED) is 0.613. The second-order valence-corrected chi connectivity index (χ2v) is 7.19. The van der Waals surface area contributed by atoms with Crippen LogP contribution in [0.3, 0.4) is 0 Å². The zero-order chi connectivity index (χ0) is 13.7. The molecule has 1 aliphatic rings. The molecule has 1 fully saturated rings. The van der Waals surface area contributed by atoms with Gasteiger partial charge in [0.25, 0.3) is 0 Å². The molecular formula is C13H23BrN4S. The molecule has 1 aromatic rings. The predicted octanol–water partition coefficient (Wildman–Crippen LogP) is 3.24. The number of hydrogen-bond donors (Lipinski definition) is 2. The van der Waals surface area contributed by atoms with Gasteiger partial charge < -0.3 is 0 Å². The number of hydrazine groups is 1. The zero-order valence-electron chi connectivity index (χ0n) is 11.4. The lowest BCUT2D eigenvalue weighted by atomic mass is 10.0. The van der Waals surface area contributed by atoms with Crippen molar-refractivity contribution >= 4 is 27.7 Å². The highest BCUT2D eigenvalue weighted by atomic mass is 79.9. The van der Waals surface area contributed by atoms with Crippen molar-refractivity contribution in [1.82, 2.24) is 15.2 Å². The monoisotopic (exact) mass is 346 g/mol. The number of aromatic nitrogens is 2. The molecule has 1 aromatic heterocycles. The van der Waals surface area contributed by atoms with E-state index in [9.17, 15) is 0 Å². The van der Waals surface area contributed by atoms with Crippen molar-refractivity contribution in [3.63, 3.8) is 0 Å². The lowest BCUT2D eigenvalue weighted by Crippen LogP contribution is -2.32. The van der Waals surface area contributed by atoms with Crippen molar-refractivity contribution in [3.8, 4) is 0 Å². The van der Waals surface area contributed by atoms with Gasteiger partial charge in [0.15, 0.2) is 0 Å². The van der Waals surface area contributed by atoms with Gasteiger partial charge in [0.05, 0.1) is 22.4 Å². The largest absolute Gasteiger partial charge is 0.271 e. The van der Waals surface area contributed by atoms with Crippen LogP contribution in [0.5, 0.6) is 0 Å². The highest BCUT2D eigenvalue weighted by Crippen LogP contribution is 2.32. The Hall–Kier alpha value is -0.0400. The Morgan fingerprint density at radius 1 is 1.53 bits per heavy atom. The Balaban J connectivity index is 1.97. The van der Waals surface area contributed by atoms with Crippen LogP contribution in [0.4, 0.5) is 0 Å². The van der Waals surface area contributed by atoms with E-state index in [0.717, 1.165) is 27.7 Å². The van der Waals surface area contributed by atoms with Crippen LogP contribution in [0.1, 0.15) is 50.8 Å². The first-order chi connectivity index (χ1) is 9.26. The van der Waals surface area contributed by atoms with Crippen LogP contribution in [0.25, 0.3) is 0 Å². The molecule has 0 bridgehead atoms. The highest BCUT2D eigenvalue weighted by molar-refractivity contribution is 9.10. The fourth-order valence-electron chi connectivity index (χ4n) is 2.64. The number of rotatable bonds is 6. The highest BCUT2D eigenvalue weighted by Gasteiger charge is 2.21. The molecule has 6 heteroatoms. The summed E-state index contributed by atoms with van der Waals surface area (Å²) in [4.78, 5) is 0. The SMILES string of the molecule is CCn1ncc(Br)c1C(CSC1CCCCC1)NN. The average molecular weight is 347 g/mol. The van der Waals surface area contributed by atoms with E-state index in [4.69, 9.17) is 5.84 Å². The molecule has 0 aromatic carbocycles. The molecule has 4 nitrogen and oxygen atoms in total. The molecule has 0 spiro atoms. The average Bonchev–Trinajstić information content (AvgIpc) is 2.82. The summed E-state index contributed by atoms with van der Waals surface area (Å²) in [5, 5.41) is 5.17. The lowest BCUT2D eigenvalue weighted by Gasteiger charge is -2.24. The molecule has 0 amide bonds. The Labute approximate surface area is 128 Å². The van der Waals surface area contributed by atoms with Crippen molar-refractivity contribution in [2.75, 3.05) is 5.75 Å². The van der Waals surface area contributed by atoms with Crippen LogP contribution in [0.2, 0.25) is 0 Å². The van der Waals surface area contributed by atoms with Crippen LogP contribution in [-0.4, -0.2) is 20.8 Å². The summed E-state index contributed by atoms with van der Waals surface area (Å²) < 4.78 is 3.05. The van der Waals surface area contributed by atoms with Crippen LogP contribution < -0.4 is 11.3 Å². The van der Waals surface area contributed by atoms with Gasteiger partial charge >= 0.3 is 0 Å². The Bertz CT molecular complexity index is 390. The van der Waals surface area contributed by atoms with E-state index in [-0.39, 0.29) is 6.04 Å². The third kappa shape index (κ3) is 3.97. The second-order valence-electron chi connectivity index (χ2n) is 5.01. The van der Waals surface area contributed by atoms with E-state index in [1.54, 1.807) is 0 Å². The fraction of sp³-hybridized carbons (Fsp3) is 0.769. The molecule has 3 N–H and O–H groups in total. The van der Waals surface area contributed by atoms with Crippen molar-refractivity contribution in [1.29, 1.82) is 0 Å². The zero-order valence-corrected chi connectivity index (χ0v) is 13.8. The van der Waals surface area contributed by atoms with Crippen LogP contribution in [0, 0.1) is 0 Å². The maximum atomic E-state index is 5.75. The molecule has 0 aliphatic heterocycles. The minimum absolute atomic E-state index is 0.156. The van der Waals surface area contributed by atoms with Gasteiger partial charge in [0.2, 0.25) is 0 Å². The molecule has 19 heavy (non-hydrogen) atoms. The standard InChI is InChI=1S/C13H23BrN4S/c1-2-18-13(11(14)8-16-18)12(17-15)9-19-10-6-4-3-5-7-10/h8,10,12,17H,2-7,9,15H2,1H3. The molecular weight excluding hydrogens is 324 g/mol. The Morgan fingerprint density at radius 2 is 2.26 bits per heavy atom. The summed E-state index contributed by atoms with van der Waals surface area (Å²) in [5.41, 5.74) is 4.11. The molecule has 1 aliphatic carbocycles. The first kappa shape index (κ1) is 15.4. The number of nitrogens with one attached hydrogen (secondary N) is 1. The number of nitrogens with zero attached hydrogens (tertiary/aromatic N) is 2. The minimum atomic E-state index is 0.156. The molecule has 0 saturated heterocycles. The maximum absolute atomic E-state index is 5.75. The molecule has 1 unspecified atom stereocenters. The van der Waals surface area contributed by atoms with Gasteiger partial charge in [-0.05, 0) is 35.7 Å². The van der Waals surface area contributed by atoms with E-state index in [1.807, 2.05) is 10.9 Å². The van der Waals surface area contributed by atoms with Crippen molar-refractivity contribution in [2.24, 2.45) is 5.84 Å².